The molecular formula is C16H24N2O4S. The molecule has 6 nitrogen and oxygen atoms in total. The average molecular weight is 340 g/mol. The molecule has 1 aromatic rings. The molecule has 0 aromatic carbocycles. The predicted octanol–water partition coefficient (Wildman–Crippen LogP) is 1.33. The molecule has 23 heavy (non-hydrogen) atoms. The molecule has 0 bridgehead atoms. The molecule has 1 amide bonds. The third-order valence-electron chi connectivity index (χ3n) is 3.91. The van der Waals surface area contributed by atoms with E-state index in [1.807, 2.05) is 17.5 Å². The molecule has 1 fully saturated rings. The molecule has 0 radical (unpaired) electrons. The first-order chi connectivity index (χ1) is 11.1. The lowest BCUT2D eigenvalue weighted by Crippen LogP contribution is -2.44. The fourth-order valence-corrected chi connectivity index (χ4v) is 3.22. The van der Waals surface area contributed by atoms with E-state index in [1.54, 1.807) is 11.8 Å². The Morgan fingerprint density at radius 2 is 2.17 bits per heavy atom. The highest BCUT2D eigenvalue weighted by atomic mass is 32.1. The summed E-state index contributed by atoms with van der Waals surface area (Å²) in [4.78, 5) is 29.1. The lowest BCUT2D eigenvalue weighted by molar-refractivity contribution is -0.145. The summed E-state index contributed by atoms with van der Waals surface area (Å²) in [5.41, 5.74) is 0. The van der Waals surface area contributed by atoms with Crippen molar-refractivity contribution in [2.75, 3.05) is 53.0 Å². The number of carbonyl (C=O) groups is 2. The van der Waals surface area contributed by atoms with Crippen LogP contribution >= 0.6 is 11.3 Å². The van der Waals surface area contributed by atoms with E-state index in [2.05, 4.69) is 4.90 Å². The van der Waals surface area contributed by atoms with Crippen LogP contribution < -0.4 is 0 Å². The standard InChI is InChI=1S/C16H24N2O4S/c1-13(16(20)21-2)12-18(15(19)14-4-3-11-23-14)6-5-17-7-9-22-10-8-17/h3-4,11,13H,5-10,12H2,1-2H3. The maximum Gasteiger partial charge on any atom is 0.310 e. The maximum absolute atomic E-state index is 12.7. The second-order valence-electron chi connectivity index (χ2n) is 5.61. The Bertz CT molecular complexity index is 500. The molecular weight excluding hydrogens is 316 g/mol. The van der Waals surface area contributed by atoms with Crippen molar-refractivity contribution in [2.24, 2.45) is 5.92 Å². The van der Waals surface area contributed by atoms with Gasteiger partial charge in [0, 0.05) is 32.7 Å². The monoisotopic (exact) mass is 340 g/mol. The summed E-state index contributed by atoms with van der Waals surface area (Å²) >= 11 is 1.42. The first-order valence-electron chi connectivity index (χ1n) is 7.82. The lowest BCUT2D eigenvalue weighted by atomic mass is 10.1. The Labute approximate surface area is 141 Å². The fourth-order valence-electron chi connectivity index (χ4n) is 2.53. The first kappa shape index (κ1) is 17.9. The number of hydrogen-bond donors (Lipinski definition) is 0. The number of hydrogen-bond acceptors (Lipinski definition) is 6. The quantitative estimate of drug-likeness (QED) is 0.701. The summed E-state index contributed by atoms with van der Waals surface area (Å²) < 4.78 is 10.1. The van der Waals surface area contributed by atoms with Crippen LogP contribution in [0, 0.1) is 5.92 Å². The molecule has 128 valence electrons. The van der Waals surface area contributed by atoms with Crippen LogP contribution in [0.4, 0.5) is 0 Å². The highest BCUT2D eigenvalue weighted by molar-refractivity contribution is 7.12. The zero-order valence-corrected chi connectivity index (χ0v) is 14.5. The second-order valence-corrected chi connectivity index (χ2v) is 6.55. The van der Waals surface area contributed by atoms with Gasteiger partial charge in [-0.15, -0.1) is 11.3 Å². The normalized spacial score (nSPS) is 16.8. The van der Waals surface area contributed by atoms with Gasteiger partial charge in [-0.25, -0.2) is 0 Å². The topological polar surface area (TPSA) is 59.1 Å². The second kappa shape index (κ2) is 9.00. The summed E-state index contributed by atoms with van der Waals surface area (Å²) in [5, 5.41) is 1.89. The van der Waals surface area contributed by atoms with E-state index in [1.165, 1.54) is 18.4 Å². The minimum absolute atomic E-state index is 0.0241. The molecule has 0 aliphatic carbocycles. The van der Waals surface area contributed by atoms with Crippen LogP contribution in [0.15, 0.2) is 17.5 Å². The first-order valence-corrected chi connectivity index (χ1v) is 8.70. The number of esters is 1. The van der Waals surface area contributed by atoms with Crippen LogP contribution in [0.5, 0.6) is 0 Å². The molecule has 1 aliphatic rings. The van der Waals surface area contributed by atoms with E-state index in [4.69, 9.17) is 9.47 Å². The zero-order valence-electron chi connectivity index (χ0n) is 13.7. The van der Waals surface area contributed by atoms with E-state index < -0.39 is 0 Å². The molecule has 1 unspecified atom stereocenters. The molecule has 2 heterocycles. The highest BCUT2D eigenvalue weighted by Gasteiger charge is 2.24. The number of amides is 1. The van der Waals surface area contributed by atoms with Crippen molar-refractivity contribution < 1.29 is 19.1 Å². The molecule has 1 aliphatic heterocycles. The maximum atomic E-state index is 12.7. The van der Waals surface area contributed by atoms with Gasteiger partial charge in [-0.3, -0.25) is 14.5 Å². The SMILES string of the molecule is COC(=O)C(C)CN(CCN1CCOCC1)C(=O)c1cccs1. The van der Waals surface area contributed by atoms with Gasteiger partial charge in [0.15, 0.2) is 0 Å². The fraction of sp³-hybridized carbons (Fsp3) is 0.625. The third-order valence-corrected chi connectivity index (χ3v) is 4.76. The summed E-state index contributed by atoms with van der Waals surface area (Å²) in [6.07, 6.45) is 0. The number of methoxy groups -OCH3 is 1. The molecule has 7 heteroatoms. The van der Waals surface area contributed by atoms with Crippen LogP contribution in [0.1, 0.15) is 16.6 Å². The van der Waals surface area contributed by atoms with Crippen molar-refractivity contribution >= 4 is 23.2 Å². The van der Waals surface area contributed by atoms with E-state index in [0.717, 1.165) is 32.8 Å². The van der Waals surface area contributed by atoms with E-state index in [9.17, 15) is 9.59 Å². The molecule has 0 spiro atoms. The van der Waals surface area contributed by atoms with Crippen LogP contribution in [0.2, 0.25) is 0 Å². The number of morpholine rings is 1. The number of ether oxygens (including phenoxy) is 2. The van der Waals surface area contributed by atoms with Crippen molar-refractivity contribution in [2.45, 2.75) is 6.92 Å². The van der Waals surface area contributed by atoms with Gasteiger partial charge in [-0.05, 0) is 11.4 Å². The highest BCUT2D eigenvalue weighted by Crippen LogP contribution is 2.14. The smallest absolute Gasteiger partial charge is 0.310 e. The van der Waals surface area contributed by atoms with Crippen LogP contribution in [-0.4, -0.2) is 74.7 Å². The van der Waals surface area contributed by atoms with Gasteiger partial charge < -0.3 is 14.4 Å². The number of rotatable bonds is 7. The van der Waals surface area contributed by atoms with Gasteiger partial charge in [-0.2, -0.15) is 0 Å². The van der Waals surface area contributed by atoms with Gasteiger partial charge in [-0.1, -0.05) is 13.0 Å². The Kier molecular flexibility index (Phi) is 7.01. The van der Waals surface area contributed by atoms with E-state index in [-0.39, 0.29) is 17.8 Å². The third kappa shape index (κ3) is 5.30. The zero-order chi connectivity index (χ0) is 16.7. The average Bonchev–Trinajstić information content (AvgIpc) is 3.12. The van der Waals surface area contributed by atoms with Crippen molar-refractivity contribution in [3.63, 3.8) is 0 Å². The minimum Gasteiger partial charge on any atom is -0.469 e. The Hall–Kier alpha value is -1.44. The van der Waals surface area contributed by atoms with Gasteiger partial charge in [0.25, 0.3) is 5.91 Å². The predicted molar refractivity (Wildman–Crippen MR) is 88.7 cm³/mol. The summed E-state index contributed by atoms with van der Waals surface area (Å²) in [7, 11) is 1.37. The lowest BCUT2D eigenvalue weighted by Gasteiger charge is -2.30. The number of carbonyl (C=O) groups excluding carboxylic acids is 2. The summed E-state index contributed by atoms with van der Waals surface area (Å²) in [5.74, 6) is -0.655. The van der Waals surface area contributed by atoms with Crippen LogP contribution in [0.3, 0.4) is 0 Å². The molecule has 0 saturated carbocycles. The van der Waals surface area contributed by atoms with Crippen molar-refractivity contribution in [1.82, 2.24) is 9.80 Å². The molecule has 0 N–H and O–H groups in total. The van der Waals surface area contributed by atoms with Gasteiger partial charge >= 0.3 is 5.97 Å². The van der Waals surface area contributed by atoms with Crippen LogP contribution in [0.25, 0.3) is 0 Å². The molecule has 1 aromatic heterocycles. The van der Waals surface area contributed by atoms with Crippen molar-refractivity contribution in [1.29, 1.82) is 0 Å². The van der Waals surface area contributed by atoms with Gasteiger partial charge in [0.1, 0.15) is 0 Å². The Morgan fingerprint density at radius 3 is 2.78 bits per heavy atom. The summed E-state index contributed by atoms with van der Waals surface area (Å²) in [6, 6.07) is 3.68. The molecule has 1 atom stereocenters. The van der Waals surface area contributed by atoms with E-state index in [0.29, 0.717) is 18.0 Å². The van der Waals surface area contributed by atoms with Gasteiger partial charge in [0.05, 0.1) is 31.1 Å². The Morgan fingerprint density at radius 1 is 1.43 bits per heavy atom. The molecule has 2 rings (SSSR count). The van der Waals surface area contributed by atoms with E-state index >= 15 is 0 Å². The number of thiophene rings is 1. The Balaban J connectivity index is 1.98. The van der Waals surface area contributed by atoms with Gasteiger partial charge in [0.2, 0.25) is 0 Å². The summed E-state index contributed by atoms with van der Waals surface area (Å²) in [6.45, 7) is 6.77. The largest absolute Gasteiger partial charge is 0.469 e. The van der Waals surface area contributed by atoms with Crippen molar-refractivity contribution in [3.05, 3.63) is 22.4 Å². The minimum atomic E-state index is -0.339. The van der Waals surface area contributed by atoms with Crippen molar-refractivity contribution in [3.8, 4) is 0 Å². The number of nitrogens with zero attached hydrogens (tertiary/aromatic N) is 2. The molecule has 1 saturated heterocycles. The van der Waals surface area contributed by atoms with Crippen LogP contribution in [-0.2, 0) is 14.3 Å².